The molecule has 5 heterocycles. The lowest BCUT2D eigenvalue weighted by molar-refractivity contribution is -0.181. The number of amides is 1. The first kappa shape index (κ1) is 38.2. The molecule has 4 aliphatic heterocycles. The number of nitrogens with one attached hydrogen (secondary N) is 1. The number of rotatable bonds is 9. The minimum atomic E-state index is -1.85. The van der Waals surface area contributed by atoms with E-state index in [-0.39, 0.29) is 37.6 Å². The van der Waals surface area contributed by atoms with Crippen LogP contribution in [-0.4, -0.2) is 116 Å². The Bertz CT molecular complexity index is 2130. The zero-order valence-electron chi connectivity index (χ0n) is 33.4. The molecule has 0 unspecified atom stereocenters. The molecular formula is C44H54N4O8. The van der Waals surface area contributed by atoms with E-state index in [9.17, 15) is 19.5 Å². The number of benzene rings is 2. The molecule has 2 aromatic carbocycles. The number of likely N-dealkylation sites (N-methyl/N-ethyl adjacent to an activating group) is 1. The van der Waals surface area contributed by atoms with Gasteiger partial charge < -0.3 is 34.1 Å². The summed E-state index contributed by atoms with van der Waals surface area (Å²) in [6.07, 6.45) is 7.90. The van der Waals surface area contributed by atoms with E-state index in [1.54, 1.807) is 12.0 Å². The van der Waals surface area contributed by atoms with Gasteiger partial charge in [0, 0.05) is 90.3 Å². The molecule has 1 saturated heterocycles. The number of anilines is 1. The number of hydrogen-bond acceptors (Lipinski definition) is 10. The number of ether oxygens (including phenoxy) is 3. The number of esters is 2. The van der Waals surface area contributed by atoms with Gasteiger partial charge in [-0.3, -0.25) is 19.3 Å². The van der Waals surface area contributed by atoms with Crippen LogP contribution in [0.25, 0.3) is 10.9 Å². The number of ketones is 1. The molecule has 298 valence electrons. The third-order valence-corrected chi connectivity index (χ3v) is 14.4. The Morgan fingerprint density at radius 3 is 2.48 bits per heavy atom. The maximum absolute atomic E-state index is 15.2. The van der Waals surface area contributed by atoms with Crippen molar-refractivity contribution in [3.05, 3.63) is 70.9 Å². The summed E-state index contributed by atoms with van der Waals surface area (Å²) in [5.74, 6) is -1.10. The summed E-state index contributed by atoms with van der Waals surface area (Å²) in [5.41, 5.74) is 0.0373. The van der Waals surface area contributed by atoms with Gasteiger partial charge in [0.2, 0.25) is 6.41 Å². The van der Waals surface area contributed by atoms with Gasteiger partial charge in [0.25, 0.3) is 0 Å². The number of methoxy groups -OCH3 is 3. The Labute approximate surface area is 328 Å². The molecule has 56 heavy (non-hydrogen) atoms. The summed E-state index contributed by atoms with van der Waals surface area (Å²) in [6, 6.07) is 11.2. The Balaban J connectivity index is 1.46. The Hall–Kier alpha value is -4.68. The van der Waals surface area contributed by atoms with Gasteiger partial charge in [0.15, 0.2) is 5.60 Å². The molecule has 1 aromatic heterocycles. The van der Waals surface area contributed by atoms with E-state index < -0.39 is 45.7 Å². The van der Waals surface area contributed by atoms with Crippen molar-refractivity contribution in [2.75, 3.05) is 59.5 Å². The standard InChI is InChI=1S/C44H54N4O8/c1-7-28(50)20-27-23-43(39(51)55-5,36-30(14-18-47(24-27)26-49)29-12-9-10-13-33(29)45-36)32-21-31-34(22-35(32)54-4)46(3)38-42(31)16-19-48-17-11-15-41(8-2,37(42)48)25-44(38,53)40(52)56-6/h9-13,15,21-22,26-27,37-38,45,53H,7-8,14,16-20,23-25H2,1-6H3/t27-,37-,38+,41-,42+,43-,44+/m0/s1. The first-order valence-corrected chi connectivity index (χ1v) is 20.0. The van der Waals surface area contributed by atoms with Crippen LogP contribution in [0.3, 0.4) is 0 Å². The fourth-order valence-electron chi connectivity index (χ4n) is 12.3. The zero-order chi connectivity index (χ0) is 39.8. The van der Waals surface area contributed by atoms with Crippen LogP contribution in [0, 0.1) is 11.3 Å². The summed E-state index contributed by atoms with van der Waals surface area (Å²) in [6.45, 7) is 6.15. The third kappa shape index (κ3) is 5.10. The third-order valence-electron chi connectivity index (χ3n) is 14.4. The Morgan fingerprint density at radius 2 is 1.79 bits per heavy atom. The monoisotopic (exact) mass is 766 g/mol. The molecule has 2 fully saturated rings. The van der Waals surface area contributed by atoms with Crippen LogP contribution in [0.5, 0.6) is 5.75 Å². The molecule has 1 amide bonds. The SMILES string of the molecule is CCC(=O)C[C@@H]1CN(C=O)CCc2c([nH]c3ccccc23)[C@@](C(=O)OC)(c2cc3c(cc2OC)N(C)[C@@H]2[C@]34CCN3CC=C[C@@](CC)(C[C@]2(O)C(=O)OC)[C@H]34)C1. The number of carbonyl (C=O) groups is 4. The summed E-state index contributed by atoms with van der Waals surface area (Å²) in [4.78, 5) is 65.0. The number of carbonyl (C=O) groups excluding carboxylic acids is 4. The average molecular weight is 767 g/mol. The second-order valence-corrected chi connectivity index (χ2v) is 16.8. The van der Waals surface area contributed by atoms with Crippen molar-refractivity contribution in [1.82, 2.24) is 14.8 Å². The quantitative estimate of drug-likeness (QED) is 0.183. The maximum Gasteiger partial charge on any atom is 0.340 e. The smallest absolute Gasteiger partial charge is 0.340 e. The van der Waals surface area contributed by atoms with Crippen LogP contribution in [0.15, 0.2) is 48.6 Å². The highest BCUT2D eigenvalue weighted by Gasteiger charge is 2.75. The highest BCUT2D eigenvalue weighted by atomic mass is 16.5. The van der Waals surface area contributed by atoms with Crippen molar-refractivity contribution >= 4 is 40.7 Å². The number of hydrogen-bond donors (Lipinski definition) is 2. The number of H-pyrrole nitrogens is 1. The van der Waals surface area contributed by atoms with E-state index >= 15 is 4.79 Å². The number of aromatic amines is 1. The fraction of sp³-hybridized carbons (Fsp3) is 0.545. The van der Waals surface area contributed by atoms with E-state index in [1.165, 1.54) is 14.2 Å². The maximum atomic E-state index is 15.2. The number of fused-ring (bicyclic) bond motifs is 4. The Morgan fingerprint density at radius 1 is 1.02 bits per heavy atom. The summed E-state index contributed by atoms with van der Waals surface area (Å²) >= 11 is 0. The normalized spacial score (nSPS) is 32.0. The lowest BCUT2D eigenvalue weighted by Gasteiger charge is -2.60. The predicted molar refractivity (Wildman–Crippen MR) is 211 cm³/mol. The topological polar surface area (TPSA) is 142 Å². The van der Waals surface area contributed by atoms with Crippen LogP contribution in [0.2, 0.25) is 0 Å². The van der Waals surface area contributed by atoms with E-state index in [1.807, 2.05) is 49.2 Å². The Kier molecular flexibility index (Phi) is 9.39. The number of nitrogens with zero attached hydrogens (tertiary/aromatic N) is 3. The highest BCUT2D eigenvalue weighted by molar-refractivity contribution is 5.95. The number of aromatic nitrogens is 1. The van der Waals surface area contributed by atoms with Gasteiger partial charge in [0.1, 0.15) is 16.9 Å². The van der Waals surface area contributed by atoms with Crippen LogP contribution in [-0.2, 0) is 45.9 Å². The van der Waals surface area contributed by atoms with Crippen molar-refractivity contribution in [2.24, 2.45) is 11.3 Å². The molecule has 2 N–H and O–H groups in total. The van der Waals surface area contributed by atoms with Crippen LogP contribution < -0.4 is 9.64 Å². The van der Waals surface area contributed by atoms with Crippen molar-refractivity contribution in [1.29, 1.82) is 0 Å². The minimum Gasteiger partial charge on any atom is -0.496 e. The molecule has 12 nitrogen and oxygen atoms in total. The fourth-order valence-corrected chi connectivity index (χ4v) is 12.3. The molecule has 1 saturated carbocycles. The molecule has 0 bridgehead atoms. The second-order valence-electron chi connectivity index (χ2n) is 16.8. The van der Waals surface area contributed by atoms with E-state index in [0.717, 1.165) is 47.2 Å². The number of Topliss-reactive ketones (excluding diaryl/α,β-unsaturated/α-hetero) is 1. The highest BCUT2D eigenvalue weighted by Crippen LogP contribution is 2.67. The summed E-state index contributed by atoms with van der Waals surface area (Å²) in [5, 5.41) is 13.8. The van der Waals surface area contributed by atoms with Gasteiger partial charge in [-0.05, 0) is 67.8 Å². The molecule has 0 radical (unpaired) electrons. The first-order valence-electron chi connectivity index (χ1n) is 20.0. The van der Waals surface area contributed by atoms with E-state index in [2.05, 4.69) is 35.0 Å². The number of aliphatic hydroxyl groups is 1. The number of para-hydroxylation sites is 1. The van der Waals surface area contributed by atoms with Crippen LogP contribution >= 0.6 is 0 Å². The second kappa shape index (κ2) is 13.8. The average Bonchev–Trinajstić information content (AvgIpc) is 3.88. The van der Waals surface area contributed by atoms with Crippen LogP contribution in [0.1, 0.15) is 74.8 Å². The molecule has 3 aromatic rings. The van der Waals surface area contributed by atoms with E-state index in [4.69, 9.17) is 14.2 Å². The van der Waals surface area contributed by atoms with Gasteiger partial charge in [0.05, 0.1) is 27.4 Å². The molecule has 1 spiro atoms. The molecule has 7 atom stereocenters. The molecule has 8 rings (SSSR count). The molecule has 5 aliphatic rings. The first-order chi connectivity index (χ1) is 26.9. The molecule has 1 aliphatic carbocycles. The summed E-state index contributed by atoms with van der Waals surface area (Å²) < 4.78 is 17.6. The minimum absolute atomic E-state index is 0.0385. The molecule has 12 heteroatoms. The van der Waals surface area contributed by atoms with Gasteiger partial charge in [-0.15, -0.1) is 0 Å². The van der Waals surface area contributed by atoms with E-state index in [0.29, 0.717) is 49.2 Å². The van der Waals surface area contributed by atoms with Gasteiger partial charge in [-0.2, -0.15) is 0 Å². The predicted octanol–water partition coefficient (Wildman–Crippen LogP) is 4.43. The zero-order valence-corrected chi connectivity index (χ0v) is 33.4. The molecular weight excluding hydrogens is 713 g/mol. The van der Waals surface area contributed by atoms with Crippen molar-refractivity contribution in [3.8, 4) is 5.75 Å². The summed E-state index contributed by atoms with van der Waals surface area (Å²) in [7, 11) is 6.24. The largest absolute Gasteiger partial charge is 0.496 e. The van der Waals surface area contributed by atoms with Crippen molar-refractivity contribution < 1.29 is 38.5 Å². The lowest BCUT2D eigenvalue weighted by atomic mass is 9.49. The van der Waals surface area contributed by atoms with Crippen molar-refractivity contribution in [2.45, 2.75) is 87.3 Å². The van der Waals surface area contributed by atoms with Gasteiger partial charge in [-0.1, -0.05) is 44.2 Å². The van der Waals surface area contributed by atoms with Crippen molar-refractivity contribution in [3.63, 3.8) is 0 Å². The van der Waals surface area contributed by atoms with Gasteiger partial charge in [-0.25, -0.2) is 4.79 Å². The van der Waals surface area contributed by atoms with Gasteiger partial charge >= 0.3 is 11.9 Å². The lowest BCUT2D eigenvalue weighted by Crippen LogP contribution is -2.74. The van der Waals surface area contributed by atoms with Crippen LogP contribution in [0.4, 0.5) is 5.69 Å².